The number of piperidine rings is 1. The monoisotopic (exact) mass is 225 g/mol. The van der Waals surface area contributed by atoms with Crippen LogP contribution in [0.25, 0.3) is 0 Å². The lowest BCUT2D eigenvalue weighted by Gasteiger charge is -2.51. The molecule has 3 nitrogen and oxygen atoms in total. The van der Waals surface area contributed by atoms with Crippen LogP contribution in [0.4, 0.5) is 0 Å². The molecule has 0 atom stereocenters. The molecule has 0 radical (unpaired) electrons. The normalized spacial score (nSPS) is 24.8. The molecule has 92 valence electrons. The zero-order valence-corrected chi connectivity index (χ0v) is 10.3. The second kappa shape index (κ2) is 5.17. The minimum atomic E-state index is -0.00669. The van der Waals surface area contributed by atoms with Crippen molar-refractivity contribution in [3.8, 4) is 0 Å². The molecule has 1 saturated carbocycles. The zero-order valence-electron chi connectivity index (χ0n) is 10.3. The molecule has 0 unspecified atom stereocenters. The minimum absolute atomic E-state index is 0.00669. The van der Waals surface area contributed by atoms with Gasteiger partial charge in [0.15, 0.2) is 0 Å². The first-order chi connectivity index (χ1) is 7.77. The van der Waals surface area contributed by atoms with E-state index in [1.54, 1.807) is 0 Å². The van der Waals surface area contributed by atoms with Crippen molar-refractivity contribution < 1.29 is 9.53 Å². The molecule has 2 fully saturated rings. The van der Waals surface area contributed by atoms with E-state index in [9.17, 15) is 4.79 Å². The topological polar surface area (TPSA) is 29.5 Å². The highest BCUT2D eigenvalue weighted by molar-refractivity contribution is 5.71. The molecule has 1 aliphatic heterocycles. The maximum atomic E-state index is 11.6. The first-order valence-corrected chi connectivity index (χ1v) is 6.67. The molecule has 1 heterocycles. The Bertz CT molecular complexity index is 242. The van der Waals surface area contributed by atoms with Gasteiger partial charge in [0.05, 0.1) is 13.0 Å². The summed E-state index contributed by atoms with van der Waals surface area (Å²) >= 11 is 0. The van der Waals surface area contributed by atoms with E-state index in [2.05, 4.69) is 4.90 Å². The van der Waals surface area contributed by atoms with E-state index < -0.39 is 0 Å². The standard InChI is InChI=1S/C13H23NO2/c1-2-16-12(15)11-13(7-6-8-13)14-9-4-3-5-10-14/h2-11H2,1H3. The molecular weight excluding hydrogens is 202 g/mol. The Kier molecular flexibility index (Phi) is 3.85. The van der Waals surface area contributed by atoms with Crippen LogP contribution >= 0.6 is 0 Å². The van der Waals surface area contributed by atoms with E-state index in [-0.39, 0.29) is 11.5 Å². The third-order valence-corrected chi connectivity index (χ3v) is 4.09. The van der Waals surface area contributed by atoms with Crippen molar-refractivity contribution in [2.45, 2.75) is 57.4 Å². The molecule has 3 heteroatoms. The van der Waals surface area contributed by atoms with Crippen LogP contribution in [0.5, 0.6) is 0 Å². The number of ether oxygens (including phenoxy) is 1. The highest BCUT2D eigenvalue weighted by atomic mass is 16.5. The summed E-state index contributed by atoms with van der Waals surface area (Å²) < 4.78 is 5.10. The molecule has 0 amide bonds. The lowest BCUT2D eigenvalue weighted by atomic mass is 9.72. The van der Waals surface area contributed by atoms with Gasteiger partial charge in [-0.25, -0.2) is 0 Å². The predicted molar refractivity (Wildman–Crippen MR) is 63.3 cm³/mol. The number of carbonyl (C=O) groups excluding carboxylic acids is 1. The summed E-state index contributed by atoms with van der Waals surface area (Å²) in [5.41, 5.74) is 0.173. The van der Waals surface area contributed by atoms with E-state index in [1.165, 1.54) is 51.6 Å². The molecule has 0 aromatic rings. The average Bonchev–Trinajstić information content (AvgIpc) is 2.25. The molecule has 1 aliphatic carbocycles. The third kappa shape index (κ3) is 2.40. The van der Waals surface area contributed by atoms with Crippen LogP contribution in [0.1, 0.15) is 51.9 Å². The van der Waals surface area contributed by atoms with Crippen LogP contribution < -0.4 is 0 Å². The van der Waals surface area contributed by atoms with Crippen LogP contribution in [0.3, 0.4) is 0 Å². The number of hydrogen-bond acceptors (Lipinski definition) is 3. The van der Waals surface area contributed by atoms with Crippen molar-refractivity contribution in [2.75, 3.05) is 19.7 Å². The molecule has 0 aromatic carbocycles. The van der Waals surface area contributed by atoms with Crippen LogP contribution in [0.2, 0.25) is 0 Å². The Morgan fingerprint density at radius 2 is 1.88 bits per heavy atom. The van der Waals surface area contributed by atoms with Gasteiger partial charge in [-0.15, -0.1) is 0 Å². The summed E-state index contributed by atoms with van der Waals surface area (Å²) in [6.07, 6.45) is 8.20. The molecule has 0 N–H and O–H groups in total. The summed E-state index contributed by atoms with van der Waals surface area (Å²) in [6, 6.07) is 0. The van der Waals surface area contributed by atoms with E-state index in [4.69, 9.17) is 4.74 Å². The number of nitrogens with zero attached hydrogens (tertiary/aromatic N) is 1. The van der Waals surface area contributed by atoms with Crippen molar-refractivity contribution >= 4 is 5.97 Å². The highest BCUT2D eigenvalue weighted by Gasteiger charge is 2.44. The smallest absolute Gasteiger partial charge is 0.307 e. The van der Waals surface area contributed by atoms with Gasteiger partial charge in [0, 0.05) is 5.54 Å². The molecule has 0 bridgehead atoms. The van der Waals surface area contributed by atoms with Gasteiger partial charge in [-0.2, -0.15) is 0 Å². The third-order valence-electron chi connectivity index (χ3n) is 4.09. The quantitative estimate of drug-likeness (QED) is 0.688. The zero-order chi connectivity index (χ0) is 11.4. The molecular formula is C13H23NO2. The van der Waals surface area contributed by atoms with Crippen molar-refractivity contribution in [3.05, 3.63) is 0 Å². The summed E-state index contributed by atoms with van der Waals surface area (Å²) in [6.45, 7) is 4.75. The summed E-state index contributed by atoms with van der Waals surface area (Å²) in [4.78, 5) is 14.2. The fraction of sp³-hybridized carbons (Fsp3) is 0.923. The fourth-order valence-corrected chi connectivity index (χ4v) is 3.04. The predicted octanol–water partition coefficient (Wildman–Crippen LogP) is 2.35. The Morgan fingerprint density at radius 1 is 1.19 bits per heavy atom. The Morgan fingerprint density at radius 3 is 2.38 bits per heavy atom. The highest BCUT2D eigenvalue weighted by Crippen LogP contribution is 2.42. The van der Waals surface area contributed by atoms with Gasteiger partial charge < -0.3 is 4.74 Å². The molecule has 2 rings (SSSR count). The number of hydrogen-bond donors (Lipinski definition) is 0. The van der Waals surface area contributed by atoms with Crippen LogP contribution in [0, 0.1) is 0 Å². The van der Waals surface area contributed by atoms with Gasteiger partial charge >= 0.3 is 5.97 Å². The summed E-state index contributed by atoms with van der Waals surface area (Å²) in [7, 11) is 0. The van der Waals surface area contributed by atoms with Gasteiger partial charge in [0.2, 0.25) is 0 Å². The van der Waals surface area contributed by atoms with E-state index in [0.717, 1.165) is 0 Å². The van der Waals surface area contributed by atoms with E-state index >= 15 is 0 Å². The van der Waals surface area contributed by atoms with Gasteiger partial charge in [0.25, 0.3) is 0 Å². The maximum absolute atomic E-state index is 11.6. The minimum Gasteiger partial charge on any atom is -0.466 e. The van der Waals surface area contributed by atoms with E-state index in [0.29, 0.717) is 13.0 Å². The second-order valence-electron chi connectivity index (χ2n) is 5.11. The number of esters is 1. The molecule has 0 aromatic heterocycles. The number of rotatable bonds is 4. The molecule has 0 spiro atoms. The fourth-order valence-electron chi connectivity index (χ4n) is 3.04. The summed E-state index contributed by atoms with van der Waals surface area (Å²) in [5.74, 6) is -0.00669. The van der Waals surface area contributed by atoms with Crippen LogP contribution in [-0.2, 0) is 9.53 Å². The lowest BCUT2D eigenvalue weighted by Crippen LogP contribution is -2.56. The van der Waals surface area contributed by atoms with Gasteiger partial charge in [-0.1, -0.05) is 6.42 Å². The van der Waals surface area contributed by atoms with Gasteiger partial charge in [-0.05, 0) is 52.1 Å². The maximum Gasteiger partial charge on any atom is 0.307 e. The second-order valence-corrected chi connectivity index (χ2v) is 5.11. The van der Waals surface area contributed by atoms with Crippen LogP contribution in [-0.4, -0.2) is 36.1 Å². The molecule has 2 aliphatic rings. The van der Waals surface area contributed by atoms with Crippen molar-refractivity contribution in [2.24, 2.45) is 0 Å². The SMILES string of the molecule is CCOC(=O)CC1(N2CCCCC2)CCC1. The first kappa shape index (κ1) is 11.9. The summed E-state index contributed by atoms with van der Waals surface area (Å²) in [5, 5.41) is 0. The molecule has 1 saturated heterocycles. The molecule has 16 heavy (non-hydrogen) atoms. The van der Waals surface area contributed by atoms with Crippen molar-refractivity contribution in [1.29, 1.82) is 0 Å². The van der Waals surface area contributed by atoms with Crippen LogP contribution in [0.15, 0.2) is 0 Å². The Labute approximate surface area is 98.1 Å². The average molecular weight is 225 g/mol. The Hall–Kier alpha value is -0.570. The first-order valence-electron chi connectivity index (χ1n) is 6.67. The lowest BCUT2D eigenvalue weighted by molar-refractivity contribution is -0.149. The van der Waals surface area contributed by atoms with Crippen molar-refractivity contribution in [1.82, 2.24) is 4.90 Å². The van der Waals surface area contributed by atoms with Gasteiger partial charge in [-0.3, -0.25) is 9.69 Å². The Balaban J connectivity index is 1.92. The number of likely N-dealkylation sites (tertiary alicyclic amines) is 1. The number of carbonyl (C=O) groups is 1. The van der Waals surface area contributed by atoms with Gasteiger partial charge in [0.1, 0.15) is 0 Å². The van der Waals surface area contributed by atoms with Crippen molar-refractivity contribution in [3.63, 3.8) is 0 Å². The van der Waals surface area contributed by atoms with E-state index in [1.807, 2.05) is 6.92 Å². The largest absolute Gasteiger partial charge is 0.466 e.